The van der Waals surface area contributed by atoms with Crippen LogP contribution < -0.4 is 0 Å². The number of likely N-dealkylation sites (tertiary alicyclic amines) is 1. The van der Waals surface area contributed by atoms with Crippen molar-refractivity contribution in [2.45, 2.75) is 25.7 Å². The van der Waals surface area contributed by atoms with E-state index in [4.69, 9.17) is 0 Å². The summed E-state index contributed by atoms with van der Waals surface area (Å²) in [4.78, 5) is 23.1. The van der Waals surface area contributed by atoms with Crippen molar-refractivity contribution in [2.24, 2.45) is 0 Å². The third kappa shape index (κ3) is 2.93. The molecule has 1 saturated heterocycles. The first kappa shape index (κ1) is 14.5. The lowest BCUT2D eigenvalue weighted by Crippen LogP contribution is -2.38. The second kappa shape index (κ2) is 6.13. The van der Waals surface area contributed by atoms with Gasteiger partial charge in [0.2, 0.25) is 0 Å². The van der Waals surface area contributed by atoms with E-state index in [0.717, 1.165) is 24.4 Å². The maximum atomic E-state index is 12.5. The minimum absolute atomic E-state index is 0.0386. The van der Waals surface area contributed by atoms with Crippen molar-refractivity contribution in [1.29, 1.82) is 0 Å². The number of nitrogens with zero attached hydrogens (tertiary/aromatic N) is 3. The van der Waals surface area contributed by atoms with Gasteiger partial charge in [0.05, 0.1) is 5.56 Å². The van der Waals surface area contributed by atoms with Crippen molar-refractivity contribution in [2.75, 3.05) is 13.1 Å². The van der Waals surface area contributed by atoms with E-state index in [1.165, 1.54) is 0 Å². The third-order valence-electron chi connectivity index (χ3n) is 4.10. The molecule has 1 aliphatic rings. The zero-order valence-corrected chi connectivity index (χ0v) is 12.6. The fourth-order valence-corrected chi connectivity index (χ4v) is 2.83. The lowest BCUT2D eigenvalue weighted by atomic mass is 9.95. The highest BCUT2D eigenvalue weighted by molar-refractivity contribution is 5.96. The molecule has 2 aromatic rings. The average Bonchev–Trinajstić information content (AvgIpc) is 2.55. The van der Waals surface area contributed by atoms with Gasteiger partial charge in [0.1, 0.15) is 11.6 Å². The lowest BCUT2D eigenvalue weighted by Gasteiger charge is -2.31. The molecule has 0 spiro atoms. The van der Waals surface area contributed by atoms with E-state index in [2.05, 4.69) is 9.97 Å². The minimum atomic E-state index is -0.110. The van der Waals surface area contributed by atoms with Crippen LogP contribution in [0.15, 0.2) is 36.5 Å². The number of piperidine rings is 1. The number of para-hydroxylation sites is 1. The Bertz CT molecular complexity index is 679. The molecule has 5 nitrogen and oxygen atoms in total. The standard InChI is InChI=1S/C17H19N3O2/c1-12-6-9-18-16(19-12)13-7-10-20(11-8-13)17(22)14-4-2-3-5-15(14)21/h2-6,9,13,21H,7-8,10-11H2,1H3. The van der Waals surface area contributed by atoms with Gasteiger partial charge in [-0.25, -0.2) is 9.97 Å². The number of phenols is 1. The van der Waals surface area contributed by atoms with Gasteiger partial charge in [-0.05, 0) is 38.0 Å². The van der Waals surface area contributed by atoms with Crippen molar-refractivity contribution in [3.05, 3.63) is 53.6 Å². The fraction of sp³-hybridized carbons (Fsp3) is 0.353. The molecular weight excluding hydrogens is 278 g/mol. The first-order valence-corrected chi connectivity index (χ1v) is 7.52. The van der Waals surface area contributed by atoms with Crippen molar-refractivity contribution in [1.82, 2.24) is 14.9 Å². The van der Waals surface area contributed by atoms with Crippen LogP contribution in [0.3, 0.4) is 0 Å². The van der Waals surface area contributed by atoms with Gasteiger partial charge in [0.15, 0.2) is 0 Å². The van der Waals surface area contributed by atoms with Gasteiger partial charge in [-0.2, -0.15) is 0 Å². The van der Waals surface area contributed by atoms with Crippen LogP contribution in [-0.4, -0.2) is 39.0 Å². The quantitative estimate of drug-likeness (QED) is 0.925. The first-order chi connectivity index (χ1) is 10.6. The molecule has 5 heteroatoms. The van der Waals surface area contributed by atoms with Crippen LogP contribution >= 0.6 is 0 Å². The summed E-state index contributed by atoms with van der Waals surface area (Å²) < 4.78 is 0. The van der Waals surface area contributed by atoms with Crippen LogP contribution in [0.4, 0.5) is 0 Å². The lowest BCUT2D eigenvalue weighted by molar-refractivity contribution is 0.0708. The van der Waals surface area contributed by atoms with Crippen LogP contribution in [0.2, 0.25) is 0 Å². The van der Waals surface area contributed by atoms with Crippen molar-refractivity contribution >= 4 is 5.91 Å². The normalized spacial score (nSPS) is 15.8. The Labute approximate surface area is 129 Å². The predicted octanol–water partition coefficient (Wildman–Crippen LogP) is 2.51. The van der Waals surface area contributed by atoms with Gasteiger partial charge in [0.25, 0.3) is 5.91 Å². The Morgan fingerprint density at radius 2 is 1.95 bits per heavy atom. The molecule has 1 aromatic heterocycles. The molecule has 0 radical (unpaired) electrons. The molecule has 0 aliphatic carbocycles. The zero-order valence-electron chi connectivity index (χ0n) is 12.6. The summed E-state index contributed by atoms with van der Waals surface area (Å²) in [5.41, 5.74) is 1.34. The number of carbonyl (C=O) groups is 1. The van der Waals surface area contributed by atoms with Gasteiger partial charge in [-0.15, -0.1) is 0 Å². The highest BCUT2D eigenvalue weighted by Gasteiger charge is 2.27. The van der Waals surface area contributed by atoms with E-state index in [9.17, 15) is 9.90 Å². The molecule has 1 N–H and O–H groups in total. The van der Waals surface area contributed by atoms with E-state index in [1.54, 1.807) is 35.4 Å². The molecule has 1 aromatic carbocycles. The van der Waals surface area contributed by atoms with Crippen molar-refractivity contribution < 1.29 is 9.90 Å². The molecule has 22 heavy (non-hydrogen) atoms. The van der Waals surface area contributed by atoms with Crippen LogP contribution in [0.1, 0.15) is 40.6 Å². The Balaban J connectivity index is 1.67. The summed E-state index contributed by atoms with van der Waals surface area (Å²) in [5, 5.41) is 9.80. The number of amides is 1. The molecular formula is C17H19N3O2. The molecule has 1 fully saturated rings. The molecule has 0 unspecified atom stereocenters. The molecule has 1 aliphatic heterocycles. The maximum Gasteiger partial charge on any atom is 0.257 e. The second-order valence-electron chi connectivity index (χ2n) is 5.64. The Kier molecular flexibility index (Phi) is 4.04. The molecule has 1 amide bonds. The number of carbonyl (C=O) groups excluding carboxylic acids is 1. The zero-order chi connectivity index (χ0) is 15.5. The SMILES string of the molecule is Cc1ccnc(C2CCN(C(=O)c3ccccc3O)CC2)n1. The number of hydrogen-bond donors (Lipinski definition) is 1. The van der Waals surface area contributed by atoms with E-state index in [0.29, 0.717) is 24.6 Å². The predicted molar refractivity (Wildman–Crippen MR) is 82.8 cm³/mol. The number of rotatable bonds is 2. The highest BCUT2D eigenvalue weighted by Crippen LogP contribution is 2.27. The summed E-state index contributed by atoms with van der Waals surface area (Å²) in [6.07, 6.45) is 3.49. The molecule has 114 valence electrons. The summed E-state index contributed by atoms with van der Waals surface area (Å²) in [6, 6.07) is 8.57. The summed E-state index contributed by atoms with van der Waals surface area (Å²) >= 11 is 0. The Morgan fingerprint density at radius 1 is 1.23 bits per heavy atom. The fourth-order valence-electron chi connectivity index (χ4n) is 2.83. The molecule has 3 rings (SSSR count). The Hall–Kier alpha value is -2.43. The number of aryl methyl sites for hydroxylation is 1. The van der Waals surface area contributed by atoms with E-state index in [-0.39, 0.29) is 11.7 Å². The molecule has 0 saturated carbocycles. The number of benzene rings is 1. The second-order valence-corrected chi connectivity index (χ2v) is 5.64. The topological polar surface area (TPSA) is 66.3 Å². The van der Waals surface area contributed by atoms with Crippen molar-refractivity contribution in [3.8, 4) is 5.75 Å². The minimum Gasteiger partial charge on any atom is -0.507 e. The number of hydrogen-bond acceptors (Lipinski definition) is 4. The summed E-state index contributed by atoms with van der Waals surface area (Å²) in [5.74, 6) is 1.10. The molecule has 0 atom stereocenters. The number of aromatic nitrogens is 2. The average molecular weight is 297 g/mol. The summed E-state index contributed by atoms with van der Waals surface area (Å²) in [7, 11) is 0. The van der Waals surface area contributed by atoms with Gasteiger partial charge in [0, 0.05) is 30.9 Å². The first-order valence-electron chi connectivity index (χ1n) is 7.52. The van der Waals surface area contributed by atoms with Crippen LogP contribution in [0.25, 0.3) is 0 Å². The van der Waals surface area contributed by atoms with Crippen molar-refractivity contribution in [3.63, 3.8) is 0 Å². The van der Waals surface area contributed by atoms with E-state index in [1.807, 2.05) is 13.0 Å². The molecule has 0 bridgehead atoms. The monoisotopic (exact) mass is 297 g/mol. The molecule has 2 heterocycles. The smallest absolute Gasteiger partial charge is 0.257 e. The number of phenolic OH excluding ortho intramolecular Hbond substituents is 1. The van der Waals surface area contributed by atoms with E-state index >= 15 is 0 Å². The third-order valence-corrected chi connectivity index (χ3v) is 4.10. The number of aromatic hydroxyl groups is 1. The van der Waals surface area contributed by atoms with Crippen LogP contribution in [0.5, 0.6) is 5.75 Å². The van der Waals surface area contributed by atoms with Gasteiger partial charge >= 0.3 is 0 Å². The maximum absolute atomic E-state index is 12.5. The van der Waals surface area contributed by atoms with Crippen LogP contribution in [0, 0.1) is 6.92 Å². The largest absolute Gasteiger partial charge is 0.507 e. The Morgan fingerprint density at radius 3 is 2.64 bits per heavy atom. The van der Waals surface area contributed by atoms with E-state index < -0.39 is 0 Å². The van der Waals surface area contributed by atoms with Gasteiger partial charge in [-0.1, -0.05) is 12.1 Å². The van der Waals surface area contributed by atoms with Crippen LogP contribution in [-0.2, 0) is 0 Å². The summed E-state index contributed by atoms with van der Waals surface area (Å²) in [6.45, 7) is 3.28. The highest BCUT2D eigenvalue weighted by atomic mass is 16.3. The van der Waals surface area contributed by atoms with Gasteiger partial charge < -0.3 is 10.0 Å². The van der Waals surface area contributed by atoms with Gasteiger partial charge in [-0.3, -0.25) is 4.79 Å².